The highest BCUT2D eigenvalue weighted by Crippen LogP contribution is 2.49. The van der Waals surface area contributed by atoms with Crippen molar-refractivity contribution in [3.8, 4) is 11.3 Å². The highest BCUT2D eigenvalue weighted by molar-refractivity contribution is 8.01. The first kappa shape index (κ1) is 18.8. The fourth-order valence-corrected chi connectivity index (χ4v) is 5.94. The summed E-state index contributed by atoms with van der Waals surface area (Å²) in [5, 5.41) is 6.49. The molecule has 0 atom stereocenters. The van der Waals surface area contributed by atoms with Gasteiger partial charge in [-0.1, -0.05) is 0 Å². The fraction of sp³-hybridized carbons (Fsp3) is 0.381. The Hall–Kier alpha value is -2.16. The number of thioether (sulfide) groups is 1. The first-order valence-corrected chi connectivity index (χ1v) is 11.6. The molecule has 4 heterocycles. The van der Waals surface area contributed by atoms with Gasteiger partial charge >= 0.3 is 0 Å². The monoisotopic (exact) mass is 425 g/mol. The van der Waals surface area contributed by atoms with Crippen LogP contribution in [-0.4, -0.2) is 39.2 Å². The molecule has 0 aromatic carbocycles. The van der Waals surface area contributed by atoms with E-state index >= 15 is 0 Å². The van der Waals surface area contributed by atoms with E-state index in [1.165, 1.54) is 22.6 Å². The van der Waals surface area contributed by atoms with Gasteiger partial charge < -0.3 is 10.5 Å². The number of thiophene rings is 1. The highest BCUT2D eigenvalue weighted by atomic mass is 32.2. The standard InChI is InChI=1S/C21H23N5OS2/c1-26-19-14(11-24-26)8-13(10-23-19)16-9-15(12-4-5-12)17-18(22)21(29-20(17)25-16)28-7-3-6-27-2/h8-12H,3-7,22H2,1-2H3. The molecule has 4 aromatic heterocycles. The lowest BCUT2D eigenvalue weighted by molar-refractivity contribution is 0.200. The van der Waals surface area contributed by atoms with Crippen LogP contribution < -0.4 is 5.73 Å². The van der Waals surface area contributed by atoms with E-state index in [4.69, 9.17) is 15.5 Å². The molecule has 2 N–H and O–H groups in total. The van der Waals surface area contributed by atoms with Crippen molar-refractivity contribution < 1.29 is 4.74 Å². The second-order valence-electron chi connectivity index (χ2n) is 7.45. The van der Waals surface area contributed by atoms with Crippen LogP contribution in [-0.2, 0) is 11.8 Å². The molecule has 0 radical (unpaired) electrons. The zero-order valence-corrected chi connectivity index (χ0v) is 18.1. The van der Waals surface area contributed by atoms with E-state index in [-0.39, 0.29) is 0 Å². The minimum absolute atomic E-state index is 0.595. The van der Waals surface area contributed by atoms with Crippen LogP contribution in [0.25, 0.3) is 32.5 Å². The Balaban J connectivity index is 1.57. The zero-order chi connectivity index (χ0) is 20.0. The van der Waals surface area contributed by atoms with Crippen molar-refractivity contribution in [2.24, 2.45) is 7.05 Å². The van der Waals surface area contributed by atoms with Crippen LogP contribution in [0, 0.1) is 0 Å². The Labute approximate surface area is 177 Å². The Morgan fingerprint density at radius 2 is 2.17 bits per heavy atom. The predicted octanol–water partition coefficient (Wildman–Crippen LogP) is 4.83. The van der Waals surface area contributed by atoms with E-state index in [2.05, 4.69) is 22.2 Å². The lowest BCUT2D eigenvalue weighted by Gasteiger charge is -2.07. The number of fused-ring (bicyclic) bond motifs is 2. The first-order valence-electron chi connectivity index (χ1n) is 9.78. The molecule has 0 aliphatic heterocycles. The van der Waals surface area contributed by atoms with Crippen molar-refractivity contribution in [3.05, 3.63) is 30.1 Å². The molecule has 0 spiro atoms. The Bertz CT molecular complexity index is 1190. The van der Waals surface area contributed by atoms with Crippen LogP contribution in [0.1, 0.15) is 30.7 Å². The molecule has 1 aliphatic rings. The number of nitrogens with two attached hydrogens (primary N) is 1. The number of hydrogen-bond acceptors (Lipinski definition) is 7. The number of aromatic nitrogens is 4. The maximum atomic E-state index is 6.58. The molecule has 0 saturated heterocycles. The summed E-state index contributed by atoms with van der Waals surface area (Å²) in [6.07, 6.45) is 7.21. The topological polar surface area (TPSA) is 78.9 Å². The summed E-state index contributed by atoms with van der Waals surface area (Å²) < 4.78 is 8.12. The van der Waals surface area contributed by atoms with Gasteiger partial charge in [0.15, 0.2) is 5.65 Å². The number of pyridine rings is 2. The van der Waals surface area contributed by atoms with Crippen LogP contribution in [0.5, 0.6) is 0 Å². The number of nitrogen functional groups attached to an aromatic ring is 1. The first-order chi connectivity index (χ1) is 14.2. The van der Waals surface area contributed by atoms with Gasteiger partial charge in [-0.15, -0.1) is 23.1 Å². The van der Waals surface area contributed by atoms with Gasteiger partial charge in [-0.2, -0.15) is 5.10 Å². The van der Waals surface area contributed by atoms with Crippen molar-refractivity contribution in [3.63, 3.8) is 0 Å². The normalized spacial score (nSPS) is 14.3. The molecule has 1 fully saturated rings. The van der Waals surface area contributed by atoms with Crippen molar-refractivity contribution in [2.45, 2.75) is 29.4 Å². The minimum atomic E-state index is 0.595. The number of nitrogens with zero attached hydrogens (tertiary/aromatic N) is 4. The summed E-state index contributed by atoms with van der Waals surface area (Å²) >= 11 is 3.52. The number of methoxy groups -OCH3 is 1. The van der Waals surface area contributed by atoms with Gasteiger partial charge in [0.2, 0.25) is 0 Å². The predicted molar refractivity (Wildman–Crippen MR) is 121 cm³/mol. The molecule has 5 rings (SSSR count). The number of hydrogen-bond donors (Lipinski definition) is 1. The van der Waals surface area contributed by atoms with Gasteiger partial charge in [0.1, 0.15) is 4.83 Å². The van der Waals surface area contributed by atoms with E-state index in [1.54, 1.807) is 23.1 Å². The second kappa shape index (κ2) is 7.59. The Morgan fingerprint density at radius 1 is 1.31 bits per heavy atom. The van der Waals surface area contributed by atoms with E-state index in [1.807, 2.05) is 31.2 Å². The summed E-state index contributed by atoms with van der Waals surface area (Å²) in [6.45, 7) is 0.775. The number of rotatable bonds is 7. The molecular formula is C21H23N5OS2. The van der Waals surface area contributed by atoms with Crippen LogP contribution in [0.4, 0.5) is 5.69 Å². The van der Waals surface area contributed by atoms with Crippen LogP contribution in [0.15, 0.2) is 28.7 Å². The lowest BCUT2D eigenvalue weighted by atomic mass is 10.0. The largest absolute Gasteiger partial charge is 0.397 e. The zero-order valence-electron chi connectivity index (χ0n) is 16.5. The molecule has 6 nitrogen and oxygen atoms in total. The van der Waals surface area contributed by atoms with Crippen LogP contribution >= 0.6 is 23.1 Å². The smallest absolute Gasteiger partial charge is 0.157 e. The third kappa shape index (κ3) is 3.49. The maximum absolute atomic E-state index is 6.58. The van der Waals surface area contributed by atoms with Gasteiger partial charge in [0.05, 0.1) is 21.8 Å². The lowest BCUT2D eigenvalue weighted by Crippen LogP contribution is -1.94. The van der Waals surface area contributed by atoms with E-state index in [0.29, 0.717) is 5.92 Å². The molecule has 29 heavy (non-hydrogen) atoms. The molecule has 0 unspecified atom stereocenters. The SMILES string of the molecule is COCCCSc1sc2nc(-c3cnc4c(cnn4C)c3)cc(C3CC3)c2c1N. The van der Waals surface area contributed by atoms with Crippen molar-refractivity contribution in [1.29, 1.82) is 0 Å². The Kier molecular flexibility index (Phi) is 4.93. The van der Waals surface area contributed by atoms with Crippen LogP contribution in [0.2, 0.25) is 0 Å². The quantitative estimate of drug-likeness (QED) is 0.337. The second-order valence-corrected chi connectivity index (χ2v) is 9.82. The molecule has 150 valence electrons. The summed E-state index contributed by atoms with van der Waals surface area (Å²) in [7, 11) is 3.65. The molecule has 4 aromatic rings. The third-order valence-corrected chi connectivity index (χ3v) is 7.78. The number of ether oxygens (including phenoxy) is 1. The minimum Gasteiger partial charge on any atom is -0.397 e. The van der Waals surface area contributed by atoms with Crippen molar-refractivity contribution in [2.75, 3.05) is 25.2 Å². The third-order valence-electron chi connectivity index (χ3n) is 5.31. The van der Waals surface area contributed by atoms with Gasteiger partial charge in [-0.3, -0.25) is 4.68 Å². The van der Waals surface area contributed by atoms with Gasteiger partial charge in [0.25, 0.3) is 0 Å². The van der Waals surface area contributed by atoms with E-state index in [0.717, 1.165) is 57.0 Å². The van der Waals surface area contributed by atoms with E-state index in [9.17, 15) is 0 Å². The molecular weight excluding hydrogens is 402 g/mol. The van der Waals surface area contributed by atoms with Crippen LogP contribution in [0.3, 0.4) is 0 Å². The number of aryl methyl sites for hydroxylation is 1. The number of anilines is 1. The molecule has 0 amide bonds. The summed E-state index contributed by atoms with van der Waals surface area (Å²) in [6, 6.07) is 4.35. The van der Waals surface area contributed by atoms with Gasteiger partial charge in [-0.05, 0) is 42.9 Å². The molecule has 1 saturated carbocycles. The van der Waals surface area contributed by atoms with Gasteiger partial charge in [0, 0.05) is 49.0 Å². The summed E-state index contributed by atoms with van der Waals surface area (Å²) in [5.41, 5.74) is 11.7. The Morgan fingerprint density at radius 3 is 2.97 bits per heavy atom. The molecule has 1 aliphatic carbocycles. The van der Waals surface area contributed by atoms with Crippen molar-refractivity contribution >= 4 is 50.0 Å². The fourth-order valence-electron chi connectivity index (χ4n) is 3.65. The molecule has 0 bridgehead atoms. The highest BCUT2D eigenvalue weighted by Gasteiger charge is 2.29. The average molecular weight is 426 g/mol. The van der Waals surface area contributed by atoms with E-state index < -0.39 is 0 Å². The maximum Gasteiger partial charge on any atom is 0.157 e. The average Bonchev–Trinajstić information content (AvgIpc) is 3.45. The summed E-state index contributed by atoms with van der Waals surface area (Å²) in [5.74, 6) is 1.59. The molecule has 8 heteroatoms. The van der Waals surface area contributed by atoms with Gasteiger partial charge in [-0.25, -0.2) is 9.97 Å². The van der Waals surface area contributed by atoms with Crippen molar-refractivity contribution in [1.82, 2.24) is 19.7 Å². The summed E-state index contributed by atoms with van der Waals surface area (Å²) in [4.78, 5) is 10.6.